The van der Waals surface area contributed by atoms with E-state index < -0.39 is 0 Å². The number of rotatable bonds is 0. The Balaban J connectivity index is 2.12. The van der Waals surface area contributed by atoms with Crippen molar-refractivity contribution in [2.45, 2.75) is 22.8 Å². The van der Waals surface area contributed by atoms with Crippen LogP contribution in [-0.2, 0) is 0 Å². The van der Waals surface area contributed by atoms with E-state index in [2.05, 4.69) is 11.9 Å². The summed E-state index contributed by atoms with van der Waals surface area (Å²) in [4.78, 5) is 5.75. The zero-order chi connectivity index (χ0) is 6.53. The summed E-state index contributed by atoms with van der Waals surface area (Å²) in [6.45, 7) is 2.73. The van der Waals surface area contributed by atoms with Crippen molar-refractivity contribution in [2.24, 2.45) is 0 Å². The first-order valence-electron chi connectivity index (χ1n) is 4.08. The van der Waals surface area contributed by atoms with E-state index >= 15 is 0 Å². The van der Waals surface area contributed by atoms with Gasteiger partial charge in [0.15, 0.2) is 0 Å². The van der Waals surface area contributed by atoms with Gasteiger partial charge in [-0.25, -0.2) is 0 Å². The van der Waals surface area contributed by atoms with Crippen molar-refractivity contribution in [1.29, 1.82) is 0 Å². The molecule has 1 aliphatic heterocycles. The third kappa shape index (κ3) is 3.33. The molecule has 0 saturated carbocycles. The van der Waals surface area contributed by atoms with Crippen LogP contribution >= 0.6 is 0 Å². The third-order valence-electron chi connectivity index (χ3n) is 2.08. The zero-order valence-corrected chi connectivity index (χ0v) is 9.36. The second-order valence-electron chi connectivity index (χ2n) is 3.07. The van der Waals surface area contributed by atoms with Gasteiger partial charge in [-0.1, -0.05) is 0 Å². The fourth-order valence-corrected chi connectivity index (χ4v) is 4.57. The molecule has 0 bridgehead atoms. The van der Waals surface area contributed by atoms with Crippen LogP contribution in [0.25, 0.3) is 0 Å². The maximum atomic E-state index is 2.47. The van der Waals surface area contributed by atoms with Crippen molar-refractivity contribution in [2.75, 3.05) is 20.1 Å². The van der Waals surface area contributed by atoms with Gasteiger partial charge < -0.3 is 0 Å². The van der Waals surface area contributed by atoms with Crippen molar-refractivity contribution < 1.29 is 0 Å². The number of hydrogen-bond acceptors (Lipinski definition) is 1. The van der Waals surface area contributed by atoms with Gasteiger partial charge in [0.05, 0.1) is 0 Å². The van der Waals surface area contributed by atoms with E-state index in [1.165, 1.54) is 25.9 Å². The van der Waals surface area contributed by atoms with E-state index in [4.69, 9.17) is 0 Å². The fourth-order valence-electron chi connectivity index (χ4n) is 1.41. The second-order valence-corrected chi connectivity index (χ2v) is 7.52. The summed E-state index contributed by atoms with van der Waals surface area (Å²) in [7, 11) is 2.25. The molecular formula is C7H16GaN. The topological polar surface area (TPSA) is 3.24 Å². The molecule has 2 heteroatoms. The summed E-state index contributed by atoms with van der Waals surface area (Å²) in [6, 6.07) is 0. The van der Waals surface area contributed by atoms with E-state index in [-0.39, 0.29) is 17.4 Å². The van der Waals surface area contributed by atoms with Crippen LogP contribution in [0.5, 0.6) is 0 Å². The van der Waals surface area contributed by atoms with Gasteiger partial charge in [-0.2, -0.15) is 0 Å². The SMILES string of the molecule is CN1CC[CH2][GaH][CH2]CC1. The Morgan fingerprint density at radius 3 is 2.22 bits per heavy atom. The molecule has 0 unspecified atom stereocenters. The Kier molecular flexibility index (Phi) is 3.78. The summed E-state index contributed by atoms with van der Waals surface area (Å²) in [6.07, 6.45) is 2.99. The molecule has 0 aromatic rings. The predicted molar refractivity (Wildman–Crippen MR) is 43.5 cm³/mol. The first-order chi connectivity index (χ1) is 4.39. The van der Waals surface area contributed by atoms with Crippen LogP contribution in [-0.4, -0.2) is 42.4 Å². The molecule has 0 aromatic carbocycles. The van der Waals surface area contributed by atoms with Gasteiger partial charge in [-0.05, 0) is 0 Å². The van der Waals surface area contributed by atoms with Crippen molar-refractivity contribution in [3.8, 4) is 0 Å². The van der Waals surface area contributed by atoms with Gasteiger partial charge in [-0.15, -0.1) is 0 Å². The van der Waals surface area contributed by atoms with Crippen LogP contribution in [0.15, 0.2) is 0 Å². The Hall–Kier alpha value is 0.596. The minimum atomic E-state index is 0.0299. The molecule has 0 radical (unpaired) electrons. The van der Waals surface area contributed by atoms with Crippen LogP contribution in [0.1, 0.15) is 12.8 Å². The van der Waals surface area contributed by atoms with E-state index in [0.29, 0.717) is 0 Å². The molecule has 1 saturated heterocycles. The quantitative estimate of drug-likeness (QED) is 0.507. The van der Waals surface area contributed by atoms with Crippen LogP contribution in [0.3, 0.4) is 0 Å². The molecular weight excluding hydrogens is 168 g/mol. The second kappa shape index (κ2) is 4.42. The van der Waals surface area contributed by atoms with Gasteiger partial charge in [0.2, 0.25) is 0 Å². The van der Waals surface area contributed by atoms with Gasteiger partial charge in [0, 0.05) is 0 Å². The fraction of sp³-hybridized carbons (Fsp3) is 1.00. The molecule has 0 atom stereocenters. The van der Waals surface area contributed by atoms with Crippen molar-refractivity contribution in [3.63, 3.8) is 0 Å². The van der Waals surface area contributed by atoms with E-state index in [1.807, 2.05) is 0 Å². The monoisotopic (exact) mass is 183 g/mol. The molecule has 0 aromatic heterocycles. The molecule has 0 spiro atoms. The first-order valence-corrected chi connectivity index (χ1v) is 8.28. The van der Waals surface area contributed by atoms with E-state index in [9.17, 15) is 0 Å². The molecule has 0 aliphatic carbocycles. The average Bonchev–Trinajstić information content (AvgIpc) is 1.79. The van der Waals surface area contributed by atoms with E-state index in [1.54, 1.807) is 9.95 Å². The van der Waals surface area contributed by atoms with Crippen LogP contribution in [0, 0.1) is 0 Å². The number of nitrogens with zero attached hydrogens (tertiary/aromatic N) is 1. The molecule has 9 heavy (non-hydrogen) atoms. The van der Waals surface area contributed by atoms with Crippen LogP contribution in [0.4, 0.5) is 0 Å². The van der Waals surface area contributed by atoms with Crippen molar-refractivity contribution >= 4 is 17.4 Å². The first kappa shape index (κ1) is 7.70. The molecule has 1 fully saturated rings. The zero-order valence-electron chi connectivity index (χ0n) is 6.40. The van der Waals surface area contributed by atoms with E-state index in [0.717, 1.165) is 0 Å². The Morgan fingerprint density at radius 1 is 1.11 bits per heavy atom. The standard InChI is InChI=1S/C7H15N.Ga.H/c1-4-6-8(3)7-5-2;;/h1-2,4-7H2,3H3;;. The summed E-state index contributed by atoms with van der Waals surface area (Å²) in [5.41, 5.74) is 0. The molecule has 1 nitrogen and oxygen atoms in total. The average molecular weight is 184 g/mol. The van der Waals surface area contributed by atoms with Crippen LogP contribution in [0.2, 0.25) is 9.95 Å². The Labute approximate surface area is 65.6 Å². The van der Waals surface area contributed by atoms with Gasteiger partial charge in [0.1, 0.15) is 0 Å². The van der Waals surface area contributed by atoms with Crippen LogP contribution < -0.4 is 0 Å². The van der Waals surface area contributed by atoms with Crippen molar-refractivity contribution in [1.82, 2.24) is 4.90 Å². The van der Waals surface area contributed by atoms with Gasteiger partial charge >= 0.3 is 65.2 Å². The molecule has 1 rings (SSSR count). The van der Waals surface area contributed by atoms with Gasteiger partial charge in [0.25, 0.3) is 0 Å². The van der Waals surface area contributed by atoms with Crippen molar-refractivity contribution in [3.05, 3.63) is 0 Å². The molecule has 52 valence electrons. The summed E-state index contributed by atoms with van der Waals surface area (Å²) < 4.78 is 0. The summed E-state index contributed by atoms with van der Waals surface area (Å²) in [5.74, 6) is 0. The normalized spacial score (nSPS) is 24.1. The predicted octanol–water partition coefficient (Wildman–Crippen LogP) is 0.985. The number of hydrogen-bond donors (Lipinski definition) is 0. The van der Waals surface area contributed by atoms with Gasteiger partial charge in [-0.3, -0.25) is 0 Å². The minimum absolute atomic E-state index is 0.0299. The molecule has 1 aliphatic rings. The third-order valence-corrected chi connectivity index (χ3v) is 6.28. The molecule has 1 heterocycles. The Morgan fingerprint density at radius 2 is 1.67 bits per heavy atom. The summed E-state index contributed by atoms with van der Waals surface area (Å²) >= 11 is 0.0299. The Bertz CT molecular complexity index is 67.3. The molecule has 0 N–H and O–H groups in total. The molecule has 0 amide bonds. The maximum absolute atomic E-state index is 2.47. The summed E-state index contributed by atoms with van der Waals surface area (Å²) in [5, 5.41) is 0.